The smallest absolute Gasteiger partial charge is 0.244 e. The lowest BCUT2D eigenvalue weighted by Crippen LogP contribution is -2.38. The van der Waals surface area contributed by atoms with Crippen molar-refractivity contribution in [3.63, 3.8) is 0 Å². The SMILES string of the molecule is CN(C)c1cc2c(nn1)CCN(C(=O)Cn1nnc3ccccc31)C2. The molecule has 1 aliphatic rings. The van der Waals surface area contributed by atoms with Crippen LogP contribution >= 0.6 is 0 Å². The molecule has 3 aromatic rings. The summed E-state index contributed by atoms with van der Waals surface area (Å²) in [6, 6.07) is 9.65. The molecular formula is C17H19N7O. The third-order valence-corrected chi connectivity index (χ3v) is 4.44. The minimum absolute atomic E-state index is 0.0320. The van der Waals surface area contributed by atoms with E-state index in [0.717, 1.165) is 34.5 Å². The molecule has 128 valence electrons. The molecular weight excluding hydrogens is 318 g/mol. The molecule has 0 spiro atoms. The molecule has 0 bridgehead atoms. The molecule has 1 aromatic carbocycles. The zero-order valence-corrected chi connectivity index (χ0v) is 14.3. The Labute approximate surface area is 145 Å². The Balaban J connectivity index is 1.53. The molecule has 1 aliphatic heterocycles. The van der Waals surface area contributed by atoms with Gasteiger partial charge >= 0.3 is 0 Å². The zero-order chi connectivity index (χ0) is 17.4. The van der Waals surface area contributed by atoms with Crippen LogP contribution in [0.1, 0.15) is 11.3 Å². The fourth-order valence-corrected chi connectivity index (χ4v) is 3.01. The lowest BCUT2D eigenvalue weighted by molar-refractivity contribution is -0.132. The van der Waals surface area contributed by atoms with E-state index in [4.69, 9.17) is 0 Å². The highest BCUT2D eigenvalue weighted by Crippen LogP contribution is 2.20. The third kappa shape index (κ3) is 2.90. The fraction of sp³-hybridized carbons (Fsp3) is 0.353. The highest BCUT2D eigenvalue weighted by molar-refractivity contribution is 5.80. The second kappa shape index (κ2) is 6.12. The first-order valence-corrected chi connectivity index (χ1v) is 8.20. The summed E-state index contributed by atoms with van der Waals surface area (Å²) < 4.78 is 1.66. The van der Waals surface area contributed by atoms with Gasteiger partial charge in [0.1, 0.15) is 12.1 Å². The Morgan fingerprint density at radius 1 is 1.20 bits per heavy atom. The molecule has 0 atom stereocenters. The molecule has 0 radical (unpaired) electrons. The third-order valence-electron chi connectivity index (χ3n) is 4.44. The number of benzene rings is 1. The van der Waals surface area contributed by atoms with Gasteiger partial charge in [-0.25, -0.2) is 4.68 Å². The van der Waals surface area contributed by atoms with Crippen molar-refractivity contribution in [1.29, 1.82) is 0 Å². The van der Waals surface area contributed by atoms with Crippen LogP contribution in [0, 0.1) is 0 Å². The van der Waals surface area contributed by atoms with Gasteiger partial charge in [0.05, 0.1) is 11.2 Å². The Morgan fingerprint density at radius 3 is 2.88 bits per heavy atom. The summed E-state index contributed by atoms with van der Waals surface area (Å²) in [5.41, 5.74) is 3.70. The lowest BCUT2D eigenvalue weighted by Gasteiger charge is -2.28. The van der Waals surface area contributed by atoms with Crippen LogP contribution in [0.5, 0.6) is 0 Å². The van der Waals surface area contributed by atoms with Crippen molar-refractivity contribution in [2.75, 3.05) is 25.5 Å². The Hall–Kier alpha value is -3.03. The van der Waals surface area contributed by atoms with Crippen LogP contribution in [0.2, 0.25) is 0 Å². The summed E-state index contributed by atoms with van der Waals surface area (Å²) in [6.45, 7) is 1.39. The molecule has 1 amide bonds. The maximum absolute atomic E-state index is 12.7. The van der Waals surface area contributed by atoms with Crippen LogP contribution in [0.3, 0.4) is 0 Å². The maximum Gasteiger partial charge on any atom is 0.244 e. The maximum atomic E-state index is 12.7. The number of anilines is 1. The summed E-state index contributed by atoms with van der Waals surface area (Å²) in [4.78, 5) is 16.5. The van der Waals surface area contributed by atoms with Crippen LogP contribution in [0.15, 0.2) is 30.3 Å². The second-order valence-corrected chi connectivity index (χ2v) is 6.37. The standard InChI is InChI=1S/C17H19N7O/c1-22(2)16-9-12-10-23(8-7-13(12)18-20-16)17(25)11-24-15-6-4-3-5-14(15)19-21-24/h3-6,9H,7-8,10-11H2,1-2H3. The van der Waals surface area contributed by atoms with Gasteiger partial charge in [0.2, 0.25) is 5.91 Å². The number of carbonyl (C=O) groups is 1. The van der Waals surface area contributed by atoms with E-state index in [1.54, 1.807) is 4.68 Å². The van der Waals surface area contributed by atoms with Crippen LogP contribution in [0.4, 0.5) is 5.82 Å². The Bertz CT molecular complexity index is 934. The quantitative estimate of drug-likeness (QED) is 0.706. The molecule has 0 saturated heterocycles. The molecule has 0 unspecified atom stereocenters. The van der Waals surface area contributed by atoms with E-state index in [0.29, 0.717) is 13.1 Å². The number of carbonyl (C=O) groups excluding carboxylic acids is 1. The van der Waals surface area contributed by atoms with Gasteiger partial charge in [-0.1, -0.05) is 17.3 Å². The number of fused-ring (bicyclic) bond motifs is 2. The van der Waals surface area contributed by atoms with Gasteiger partial charge < -0.3 is 9.80 Å². The summed E-state index contributed by atoms with van der Waals surface area (Å²) >= 11 is 0. The lowest BCUT2D eigenvalue weighted by atomic mass is 10.1. The average molecular weight is 337 g/mol. The van der Waals surface area contributed by atoms with E-state index in [2.05, 4.69) is 20.5 Å². The van der Waals surface area contributed by atoms with Crippen molar-refractivity contribution >= 4 is 22.8 Å². The molecule has 4 rings (SSSR count). The van der Waals surface area contributed by atoms with Crippen molar-refractivity contribution in [2.45, 2.75) is 19.5 Å². The van der Waals surface area contributed by atoms with Crippen LogP contribution < -0.4 is 4.90 Å². The van der Waals surface area contributed by atoms with Gasteiger partial charge in [-0.3, -0.25) is 4.79 Å². The zero-order valence-electron chi connectivity index (χ0n) is 14.3. The minimum Gasteiger partial charge on any atom is -0.361 e. The van der Waals surface area contributed by atoms with Gasteiger partial charge in [-0.2, -0.15) is 5.10 Å². The molecule has 25 heavy (non-hydrogen) atoms. The summed E-state index contributed by atoms with van der Waals surface area (Å²) in [5.74, 6) is 0.833. The van der Waals surface area contributed by atoms with E-state index < -0.39 is 0 Å². The predicted octanol–water partition coefficient (Wildman–Crippen LogP) is 0.872. The average Bonchev–Trinajstić information content (AvgIpc) is 3.03. The number of nitrogens with zero attached hydrogens (tertiary/aromatic N) is 7. The van der Waals surface area contributed by atoms with E-state index in [-0.39, 0.29) is 12.5 Å². The van der Waals surface area contributed by atoms with Gasteiger partial charge in [0, 0.05) is 33.6 Å². The Morgan fingerprint density at radius 2 is 2.04 bits per heavy atom. The van der Waals surface area contributed by atoms with Crippen molar-refractivity contribution in [3.8, 4) is 0 Å². The van der Waals surface area contributed by atoms with E-state index in [1.165, 1.54) is 0 Å². The largest absolute Gasteiger partial charge is 0.361 e. The summed E-state index contributed by atoms with van der Waals surface area (Å²) in [5, 5.41) is 16.7. The highest BCUT2D eigenvalue weighted by Gasteiger charge is 2.23. The van der Waals surface area contributed by atoms with Crippen molar-refractivity contribution in [2.24, 2.45) is 0 Å². The molecule has 2 aromatic heterocycles. The number of amides is 1. The first-order valence-electron chi connectivity index (χ1n) is 8.20. The fourth-order valence-electron chi connectivity index (χ4n) is 3.01. The monoisotopic (exact) mass is 337 g/mol. The molecule has 0 N–H and O–H groups in total. The van der Waals surface area contributed by atoms with E-state index in [9.17, 15) is 4.79 Å². The van der Waals surface area contributed by atoms with Gasteiger partial charge in [-0.15, -0.1) is 10.2 Å². The molecule has 3 heterocycles. The van der Waals surface area contributed by atoms with E-state index in [1.807, 2.05) is 54.2 Å². The molecule has 0 fully saturated rings. The number of aromatic nitrogens is 5. The topological polar surface area (TPSA) is 80.0 Å². The highest BCUT2D eigenvalue weighted by atomic mass is 16.2. The first-order chi connectivity index (χ1) is 12.1. The summed E-state index contributed by atoms with van der Waals surface area (Å²) in [6.07, 6.45) is 0.722. The van der Waals surface area contributed by atoms with Crippen molar-refractivity contribution in [1.82, 2.24) is 30.1 Å². The molecule has 8 nitrogen and oxygen atoms in total. The molecule has 8 heteroatoms. The first kappa shape index (κ1) is 15.5. The normalized spacial score (nSPS) is 13.8. The molecule has 0 saturated carbocycles. The Kier molecular flexibility index (Phi) is 3.79. The predicted molar refractivity (Wildman–Crippen MR) is 93.0 cm³/mol. The minimum atomic E-state index is 0.0320. The number of rotatable bonds is 3. The van der Waals surface area contributed by atoms with Crippen LogP contribution in [0.25, 0.3) is 11.0 Å². The number of hydrogen-bond donors (Lipinski definition) is 0. The number of hydrogen-bond acceptors (Lipinski definition) is 6. The van der Waals surface area contributed by atoms with Gasteiger partial charge in [0.15, 0.2) is 5.82 Å². The molecule has 0 aliphatic carbocycles. The van der Waals surface area contributed by atoms with Crippen molar-refractivity contribution < 1.29 is 4.79 Å². The summed E-state index contributed by atoms with van der Waals surface area (Å²) in [7, 11) is 3.86. The van der Waals surface area contributed by atoms with Crippen LogP contribution in [-0.4, -0.2) is 56.6 Å². The second-order valence-electron chi connectivity index (χ2n) is 6.37. The van der Waals surface area contributed by atoms with Gasteiger partial charge in [0.25, 0.3) is 0 Å². The van der Waals surface area contributed by atoms with Gasteiger partial charge in [-0.05, 0) is 23.8 Å². The van der Waals surface area contributed by atoms with E-state index >= 15 is 0 Å². The van der Waals surface area contributed by atoms with Crippen molar-refractivity contribution in [3.05, 3.63) is 41.6 Å². The van der Waals surface area contributed by atoms with Crippen LogP contribution in [-0.2, 0) is 24.3 Å². The number of para-hydroxylation sites is 1.